The molecule has 0 bridgehead atoms. The molecule has 6 heteroatoms. The first kappa shape index (κ1) is 17.6. The highest BCUT2D eigenvalue weighted by atomic mass is 35.5. The van der Waals surface area contributed by atoms with Gasteiger partial charge in [0.1, 0.15) is 0 Å². The van der Waals surface area contributed by atoms with Gasteiger partial charge in [-0.15, -0.1) is 0 Å². The number of carbonyl (C=O) groups excluding carboxylic acids is 2. The van der Waals surface area contributed by atoms with Crippen LogP contribution in [-0.2, 0) is 4.79 Å². The highest BCUT2D eigenvalue weighted by molar-refractivity contribution is 6.31. The number of anilines is 1. The maximum Gasteiger partial charge on any atom is 0.255 e. The number of carbonyl (C=O) groups is 2. The third-order valence-electron chi connectivity index (χ3n) is 4.19. The van der Waals surface area contributed by atoms with Gasteiger partial charge in [-0.3, -0.25) is 9.59 Å². The van der Waals surface area contributed by atoms with Gasteiger partial charge < -0.3 is 15.1 Å². The van der Waals surface area contributed by atoms with Gasteiger partial charge in [-0.2, -0.15) is 0 Å². The Balaban J connectivity index is 2.05. The summed E-state index contributed by atoms with van der Waals surface area (Å²) >= 11 is 6.05. The number of nitrogens with zero attached hydrogens (tertiary/aromatic N) is 2. The lowest BCUT2D eigenvalue weighted by Gasteiger charge is -2.23. The predicted octanol–water partition coefficient (Wildman–Crippen LogP) is 2.71. The third-order valence-corrected chi connectivity index (χ3v) is 4.42. The van der Waals surface area contributed by atoms with Gasteiger partial charge in [-0.25, -0.2) is 0 Å². The molecule has 23 heavy (non-hydrogen) atoms. The van der Waals surface area contributed by atoms with E-state index in [-0.39, 0.29) is 11.8 Å². The molecule has 1 N–H and O–H groups in total. The SMILES string of the molecule is CCNc1ccc(Cl)cc1C(=O)N(C)C[C@H]1CCN(C(C)=O)C1. The number of halogens is 1. The largest absolute Gasteiger partial charge is 0.385 e. The third kappa shape index (κ3) is 4.38. The zero-order valence-corrected chi connectivity index (χ0v) is 14.7. The van der Waals surface area contributed by atoms with Gasteiger partial charge in [0.05, 0.1) is 5.56 Å². The summed E-state index contributed by atoms with van der Waals surface area (Å²) in [6.07, 6.45) is 0.937. The van der Waals surface area contributed by atoms with E-state index in [0.29, 0.717) is 23.0 Å². The monoisotopic (exact) mass is 337 g/mol. The molecule has 5 nitrogen and oxygen atoms in total. The van der Waals surface area contributed by atoms with E-state index in [1.807, 2.05) is 17.9 Å². The van der Waals surface area contributed by atoms with Crippen LogP contribution in [0, 0.1) is 5.92 Å². The van der Waals surface area contributed by atoms with Crippen molar-refractivity contribution in [3.63, 3.8) is 0 Å². The Labute approximate surface area is 142 Å². The van der Waals surface area contributed by atoms with Crippen LogP contribution in [0.2, 0.25) is 5.02 Å². The van der Waals surface area contributed by atoms with Crippen molar-refractivity contribution in [1.82, 2.24) is 9.80 Å². The molecule has 1 aliphatic rings. The molecule has 0 radical (unpaired) electrons. The average molecular weight is 338 g/mol. The number of nitrogens with one attached hydrogen (secondary N) is 1. The molecule has 0 aliphatic carbocycles. The minimum atomic E-state index is -0.0512. The van der Waals surface area contributed by atoms with Crippen LogP contribution in [0.25, 0.3) is 0 Å². The normalized spacial score (nSPS) is 17.2. The van der Waals surface area contributed by atoms with E-state index in [1.54, 1.807) is 31.0 Å². The number of hydrogen-bond donors (Lipinski definition) is 1. The molecule has 1 aromatic carbocycles. The maximum absolute atomic E-state index is 12.7. The van der Waals surface area contributed by atoms with E-state index in [4.69, 9.17) is 11.6 Å². The lowest BCUT2D eigenvalue weighted by atomic mass is 10.1. The molecule has 0 unspecified atom stereocenters. The summed E-state index contributed by atoms with van der Waals surface area (Å²) in [5.41, 5.74) is 1.38. The van der Waals surface area contributed by atoms with Gasteiger partial charge in [-0.1, -0.05) is 11.6 Å². The molecule has 2 amide bonds. The van der Waals surface area contributed by atoms with Crippen LogP contribution in [0.5, 0.6) is 0 Å². The first-order valence-electron chi connectivity index (χ1n) is 7.96. The number of hydrogen-bond acceptors (Lipinski definition) is 3. The summed E-state index contributed by atoms with van der Waals surface area (Å²) in [6, 6.07) is 5.31. The van der Waals surface area contributed by atoms with E-state index in [0.717, 1.165) is 31.7 Å². The first-order chi connectivity index (χ1) is 10.9. The smallest absolute Gasteiger partial charge is 0.255 e. The quantitative estimate of drug-likeness (QED) is 0.898. The molecule has 1 atom stereocenters. The van der Waals surface area contributed by atoms with Crippen LogP contribution in [0.15, 0.2) is 18.2 Å². The maximum atomic E-state index is 12.7. The van der Waals surface area contributed by atoms with Crippen LogP contribution in [0.1, 0.15) is 30.6 Å². The zero-order chi connectivity index (χ0) is 17.0. The number of rotatable bonds is 5. The molecule has 1 heterocycles. The Morgan fingerprint density at radius 2 is 2.17 bits per heavy atom. The van der Waals surface area contributed by atoms with Crippen molar-refractivity contribution >= 4 is 29.1 Å². The van der Waals surface area contributed by atoms with E-state index < -0.39 is 0 Å². The fraction of sp³-hybridized carbons (Fsp3) is 0.529. The molecule has 0 spiro atoms. The highest BCUT2D eigenvalue weighted by Gasteiger charge is 2.27. The Hall–Kier alpha value is -1.75. The standard InChI is InChI=1S/C17H24ClN3O2/c1-4-19-16-6-5-14(18)9-15(16)17(23)20(3)10-13-7-8-21(11-13)12(2)22/h5-6,9,13,19H,4,7-8,10-11H2,1-3H3/t13-/m1/s1. The first-order valence-corrected chi connectivity index (χ1v) is 8.34. The van der Waals surface area contributed by atoms with E-state index in [2.05, 4.69) is 5.32 Å². The van der Waals surface area contributed by atoms with Crippen molar-refractivity contribution < 1.29 is 9.59 Å². The Morgan fingerprint density at radius 1 is 1.43 bits per heavy atom. The van der Waals surface area contributed by atoms with Crippen molar-refractivity contribution in [1.29, 1.82) is 0 Å². The van der Waals surface area contributed by atoms with Crippen molar-refractivity contribution in [2.45, 2.75) is 20.3 Å². The lowest BCUT2D eigenvalue weighted by molar-refractivity contribution is -0.127. The van der Waals surface area contributed by atoms with Gasteiger partial charge >= 0.3 is 0 Å². The van der Waals surface area contributed by atoms with Gasteiger partial charge in [0, 0.05) is 50.9 Å². The molecule has 0 saturated carbocycles. The highest BCUT2D eigenvalue weighted by Crippen LogP contribution is 2.23. The van der Waals surface area contributed by atoms with E-state index >= 15 is 0 Å². The van der Waals surface area contributed by atoms with Gasteiger partial charge in [0.2, 0.25) is 5.91 Å². The minimum absolute atomic E-state index is 0.0512. The topological polar surface area (TPSA) is 52.7 Å². The zero-order valence-electron chi connectivity index (χ0n) is 13.9. The molecule has 2 rings (SSSR count). The number of benzene rings is 1. The lowest BCUT2D eigenvalue weighted by Crippen LogP contribution is -2.34. The summed E-state index contributed by atoms with van der Waals surface area (Å²) in [6.45, 7) is 6.46. The summed E-state index contributed by atoms with van der Waals surface area (Å²) in [5.74, 6) is 0.380. The van der Waals surface area contributed by atoms with Crippen LogP contribution in [0.3, 0.4) is 0 Å². The second kappa shape index (κ2) is 7.68. The number of amides is 2. The Bertz CT molecular complexity index is 591. The molecule has 1 fully saturated rings. The van der Waals surface area contributed by atoms with Crippen LogP contribution in [0.4, 0.5) is 5.69 Å². The minimum Gasteiger partial charge on any atom is -0.385 e. The molecule has 1 aromatic rings. The Kier molecular flexibility index (Phi) is 5.88. The molecule has 1 saturated heterocycles. The number of likely N-dealkylation sites (tertiary alicyclic amines) is 1. The molecule has 1 aliphatic heterocycles. The second-order valence-electron chi connectivity index (χ2n) is 6.03. The van der Waals surface area contributed by atoms with E-state index in [9.17, 15) is 9.59 Å². The van der Waals surface area contributed by atoms with Gasteiger partial charge in [0.25, 0.3) is 5.91 Å². The van der Waals surface area contributed by atoms with Crippen molar-refractivity contribution in [3.8, 4) is 0 Å². The van der Waals surface area contributed by atoms with Crippen LogP contribution < -0.4 is 5.32 Å². The van der Waals surface area contributed by atoms with Crippen molar-refractivity contribution in [3.05, 3.63) is 28.8 Å². The summed E-state index contributed by atoms with van der Waals surface area (Å²) in [4.78, 5) is 27.7. The van der Waals surface area contributed by atoms with Gasteiger partial charge in [-0.05, 0) is 37.5 Å². The van der Waals surface area contributed by atoms with Crippen molar-refractivity contribution in [2.24, 2.45) is 5.92 Å². The molecule has 0 aromatic heterocycles. The second-order valence-corrected chi connectivity index (χ2v) is 6.46. The molecular formula is C17H24ClN3O2. The molecular weight excluding hydrogens is 314 g/mol. The van der Waals surface area contributed by atoms with E-state index in [1.165, 1.54) is 0 Å². The summed E-state index contributed by atoms with van der Waals surface area (Å²) in [7, 11) is 1.80. The van der Waals surface area contributed by atoms with Crippen LogP contribution in [-0.4, -0.2) is 54.8 Å². The fourth-order valence-electron chi connectivity index (χ4n) is 2.98. The molecule has 126 valence electrons. The average Bonchev–Trinajstić information content (AvgIpc) is 2.97. The van der Waals surface area contributed by atoms with Gasteiger partial charge in [0.15, 0.2) is 0 Å². The summed E-state index contributed by atoms with van der Waals surface area (Å²) < 4.78 is 0. The fourth-order valence-corrected chi connectivity index (χ4v) is 3.15. The summed E-state index contributed by atoms with van der Waals surface area (Å²) in [5, 5.41) is 3.74. The predicted molar refractivity (Wildman–Crippen MR) is 92.9 cm³/mol. The van der Waals surface area contributed by atoms with Crippen molar-refractivity contribution in [2.75, 3.05) is 38.5 Å². The van der Waals surface area contributed by atoms with Crippen LogP contribution >= 0.6 is 11.6 Å². The Morgan fingerprint density at radius 3 is 2.78 bits per heavy atom.